The van der Waals surface area contributed by atoms with Crippen LogP contribution in [0.1, 0.15) is 18.1 Å². The minimum absolute atomic E-state index is 0.332. The quantitative estimate of drug-likeness (QED) is 0.879. The molecule has 0 spiro atoms. The highest BCUT2D eigenvalue weighted by Gasteiger charge is 2.04. The molecule has 1 aromatic heterocycles. The Morgan fingerprint density at radius 1 is 1.20 bits per heavy atom. The molecule has 4 heteroatoms. The zero-order valence-corrected chi connectivity index (χ0v) is 11.7. The Balaban J connectivity index is 1.97. The van der Waals surface area contributed by atoms with Gasteiger partial charge in [0.05, 0.1) is 18.8 Å². The van der Waals surface area contributed by atoms with Gasteiger partial charge < -0.3 is 14.6 Å². The number of methoxy groups -OCH3 is 1. The third kappa shape index (κ3) is 3.96. The molecule has 0 aliphatic heterocycles. The lowest BCUT2D eigenvalue weighted by atomic mass is 10.1. The largest absolute Gasteiger partial charge is 0.489 e. The van der Waals surface area contributed by atoms with Gasteiger partial charge >= 0.3 is 0 Å². The Kier molecular flexibility index (Phi) is 4.96. The van der Waals surface area contributed by atoms with E-state index in [-0.39, 0.29) is 6.10 Å². The van der Waals surface area contributed by atoms with Crippen LogP contribution >= 0.6 is 0 Å². The van der Waals surface area contributed by atoms with Crippen molar-refractivity contribution in [2.24, 2.45) is 0 Å². The van der Waals surface area contributed by atoms with Gasteiger partial charge in [-0.3, -0.25) is 0 Å². The second-order valence-corrected chi connectivity index (χ2v) is 4.66. The van der Waals surface area contributed by atoms with Gasteiger partial charge in [0, 0.05) is 6.20 Å². The van der Waals surface area contributed by atoms with Gasteiger partial charge in [0.25, 0.3) is 0 Å². The van der Waals surface area contributed by atoms with Crippen LogP contribution in [-0.2, 0) is 13.0 Å². The van der Waals surface area contributed by atoms with Gasteiger partial charge in [0.15, 0.2) is 0 Å². The van der Waals surface area contributed by atoms with Crippen molar-refractivity contribution in [2.75, 3.05) is 7.11 Å². The van der Waals surface area contributed by atoms with E-state index in [2.05, 4.69) is 4.98 Å². The highest BCUT2D eigenvalue weighted by molar-refractivity contribution is 5.29. The van der Waals surface area contributed by atoms with Gasteiger partial charge in [0.1, 0.15) is 12.4 Å². The van der Waals surface area contributed by atoms with E-state index in [1.807, 2.05) is 36.4 Å². The summed E-state index contributed by atoms with van der Waals surface area (Å²) in [5, 5.41) is 9.33. The zero-order chi connectivity index (χ0) is 14.4. The van der Waals surface area contributed by atoms with Crippen LogP contribution in [0.15, 0.2) is 42.6 Å². The topological polar surface area (TPSA) is 51.6 Å². The first-order chi connectivity index (χ1) is 9.69. The molecular formula is C16H19NO3. The van der Waals surface area contributed by atoms with E-state index in [1.54, 1.807) is 20.2 Å². The molecule has 0 saturated heterocycles. The first-order valence-corrected chi connectivity index (χ1v) is 6.56. The summed E-state index contributed by atoms with van der Waals surface area (Å²) >= 11 is 0. The van der Waals surface area contributed by atoms with Crippen LogP contribution in [0.5, 0.6) is 11.6 Å². The molecule has 1 heterocycles. The number of aromatic nitrogens is 1. The lowest BCUT2D eigenvalue weighted by Crippen LogP contribution is -2.04. The van der Waals surface area contributed by atoms with E-state index in [0.717, 1.165) is 16.9 Å². The van der Waals surface area contributed by atoms with Crippen molar-refractivity contribution in [2.45, 2.75) is 26.1 Å². The van der Waals surface area contributed by atoms with Crippen LogP contribution in [0.3, 0.4) is 0 Å². The fourth-order valence-electron chi connectivity index (χ4n) is 1.94. The number of hydrogen-bond acceptors (Lipinski definition) is 4. The van der Waals surface area contributed by atoms with Crippen molar-refractivity contribution in [1.82, 2.24) is 4.98 Å². The van der Waals surface area contributed by atoms with Crippen LogP contribution in [-0.4, -0.2) is 23.3 Å². The van der Waals surface area contributed by atoms with Gasteiger partial charge in [0.2, 0.25) is 5.88 Å². The number of ether oxygens (including phenoxy) is 2. The molecule has 1 aromatic carbocycles. The summed E-state index contributed by atoms with van der Waals surface area (Å²) in [6, 6.07) is 11.5. The smallest absolute Gasteiger partial charge is 0.219 e. The predicted molar refractivity (Wildman–Crippen MR) is 76.9 cm³/mol. The van der Waals surface area contributed by atoms with E-state index in [9.17, 15) is 5.11 Å². The summed E-state index contributed by atoms with van der Waals surface area (Å²) in [4.78, 5) is 4.13. The summed E-state index contributed by atoms with van der Waals surface area (Å²) in [6.07, 6.45) is 2.01. The molecule has 1 atom stereocenters. The lowest BCUT2D eigenvalue weighted by Gasteiger charge is -2.10. The number of nitrogens with zero attached hydrogens (tertiary/aromatic N) is 1. The highest BCUT2D eigenvalue weighted by Crippen LogP contribution is 2.18. The summed E-state index contributed by atoms with van der Waals surface area (Å²) in [7, 11) is 1.59. The number of rotatable bonds is 6. The Labute approximate surface area is 119 Å². The number of pyridine rings is 1. The Hall–Kier alpha value is -2.07. The minimum atomic E-state index is -0.332. The van der Waals surface area contributed by atoms with Gasteiger partial charge in [-0.25, -0.2) is 4.98 Å². The molecule has 4 nitrogen and oxygen atoms in total. The molecule has 0 aliphatic carbocycles. The molecule has 106 valence electrons. The summed E-state index contributed by atoms with van der Waals surface area (Å²) in [5.41, 5.74) is 1.99. The summed E-state index contributed by atoms with van der Waals surface area (Å²) < 4.78 is 10.9. The molecule has 0 fully saturated rings. The average molecular weight is 273 g/mol. The lowest BCUT2D eigenvalue weighted by molar-refractivity contribution is 0.195. The molecule has 1 unspecified atom stereocenters. The zero-order valence-electron chi connectivity index (χ0n) is 11.7. The SMILES string of the molecule is COc1ncccc1COc1ccc(CC(C)O)cc1. The number of aliphatic hydroxyl groups is 1. The fraction of sp³-hybridized carbons (Fsp3) is 0.312. The van der Waals surface area contributed by atoms with Gasteiger partial charge in [-0.15, -0.1) is 0 Å². The van der Waals surface area contributed by atoms with Gasteiger partial charge in [-0.1, -0.05) is 12.1 Å². The number of benzene rings is 1. The van der Waals surface area contributed by atoms with Crippen molar-refractivity contribution in [3.8, 4) is 11.6 Å². The summed E-state index contributed by atoms with van der Waals surface area (Å²) in [6.45, 7) is 2.19. The predicted octanol–water partition coefficient (Wildman–Crippen LogP) is 2.59. The van der Waals surface area contributed by atoms with Crippen molar-refractivity contribution < 1.29 is 14.6 Å². The van der Waals surface area contributed by atoms with E-state index in [1.165, 1.54) is 0 Å². The van der Waals surface area contributed by atoms with Crippen molar-refractivity contribution >= 4 is 0 Å². The standard InChI is InChI=1S/C16H19NO3/c1-12(18)10-13-5-7-15(8-6-13)20-11-14-4-3-9-17-16(14)19-2/h3-9,12,18H,10-11H2,1-2H3. The molecule has 0 bridgehead atoms. The first-order valence-electron chi connectivity index (χ1n) is 6.56. The van der Waals surface area contributed by atoms with E-state index < -0.39 is 0 Å². The third-order valence-corrected chi connectivity index (χ3v) is 2.89. The Morgan fingerprint density at radius 3 is 2.60 bits per heavy atom. The van der Waals surface area contributed by atoms with Crippen molar-refractivity contribution in [3.63, 3.8) is 0 Å². The molecule has 0 amide bonds. The van der Waals surface area contributed by atoms with E-state index in [4.69, 9.17) is 9.47 Å². The van der Waals surface area contributed by atoms with Gasteiger partial charge in [-0.05, 0) is 43.2 Å². The second-order valence-electron chi connectivity index (χ2n) is 4.66. The third-order valence-electron chi connectivity index (χ3n) is 2.89. The Morgan fingerprint density at radius 2 is 1.95 bits per heavy atom. The highest BCUT2D eigenvalue weighted by atomic mass is 16.5. The molecule has 0 saturated carbocycles. The normalized spacial score (nSPS) is 11.9. The second kappa shape index (κ2) is 6.91. The molecule has 2 aromatic rings. The van der Waals surface area contributed by atoms with E-state index in [0.29, 0.717) is 18.9 Å². The van der Waals surface area contributed by atoms with Gasteiger partial charge in [-0.2, -0.15) is 0 Å². The van der Waals surface area contributed by atoms with Crippen molar-refractivity contribution in [1.29, 1.82) is 0 Å². The van der Waals surface area contributed by atoms with Crippen LogP contribution in [0.25, 0.3) is 0 Å². The fourth-order valence-corrected chi connectivity index (χ4v) is 1.94. The Bertz CT molecular complexity index is 538. The van der Waals surface area contributed by atoms with Crippen LogP contribution in [0.2, 0.25) is 0 Å². The number of hydrogen-bond donors (Lipinski definition) is 1. The maximum atomic E-state index is 9.33. The maximum absolute atomic E-state index is 9.33. The summed E-state index contributed by atoms with van der Waals surface area (Å²) in [5.74, 6) is 1.36. The minimum Gasteiger partial charge on any atom is -0.489 e. The molecule has 1 N–H and O–H groups in total. The monoisotopic (exact) mass is 273 g/mol. The molecule has 20 heavy (non-hydrogen) atoms. The van der Waals surface area contributed by atoms with E-state index >= 15 is 0 Å². The number of aliphatic hydroxyl groups excluding tert-OH is 1. The maximum Gasteiger partial charge on any atom is 0.219 e. The molecular weight excluding hydrogens is 254 g/mol. The first kappa shape index (κ1) is 14.3. The average Bonchev–Trinajstić information content (AvgIpc) is 2.46. The van der Waals surface area contributed by atoms with Crippen LogP contribution < -0.4 is 9.47 Å². The molecule has 0 aliphatic rings. The van der Waals surface area contributed by atoms with Crippen LogP contribution in [0.4, 0.5) is 0 Å². The van der Waals surface area contributed by atoms with Crippen molar-refractivity contribution in [3.05, 3.63) is 53.7 Å². The van der Waals surface area contributed by atoms with Crippen LogP contribution in [0, 0.1) is 0 Å². The molecule has 0 radical (unpaired) electrons. The molecule has 2 rings (SSSR count).